The van der Waals surface area contributed by atoms with Crippen LogP contribution in [0.25, 0.3) is 0 Å². The van der Waals surface area contributed by atoms with E-state index >= 15 is 0 Å². The highest BCUT2D eigenvalue weighted by atomic mass is 79.9. The Balaban J connectivity index is 2.06. The molecule has 0 saturated heterocycles. The summed E-state index contributed by atoms with van der Waals surface area (Å²) in [4.78, 5) is 23.2. The quantitative estimate of drug-likeness (QED) is 0.868. The molecule has 2 rings (SSSR count). The molecule has 1 heterocycles. The fourth-order valence-corrected chi connectivity index (χ4v) is 2.86. The molecule has 6 heteroatoms. The van der Waals surface area contributed by atoms with Gasteiger partial charge in [-0.05, 0) is 27.6 Å². The molecular formula is C14H12BrNO3S. The van der Waals surface area contributed by atoms with Gasteiger partial charge in [0.2, 0.25) is 0 Å². The van der Waals surface area contributed by atoms with Gasteiger partial charge in [0, 0.05) is 11.8 Å². The van der Waals surface area contributed by atoms with Crippen LogP contribution in [0, 0.1) is 0 Å². The van der Waals surface area contributed by atoms with E-state index in [1.807, 2.05) is 30.3 Å². The van der Waals surface area contributed by atoms with Crippen LogP contribution >= 0.6 is 27.3 Å². The minimum absolute atomic E-state index is 0.257. The smallest absolute Gasteiger partial charge is 0.326 e. The van der Waals surface area contributed by atoms with Crippen molar-refractivity contribution in [3.8, 4) is 0 Å². The highest BCUT2D eigenvalue weighted by Crippen LogP contribution is 2.20. The Morgan fingerprint density at radius 2 is 2.00 bits per heavy atom. The third-order valence-electron chi connectivity index (χ3n) is 2.72. The van der Waals surface area contributed by atoms with Crippen LogP contribution in [0.2, 0.25) is 0 Å². The number of amides is 1. The van der Waals surface area contributed by atoms with Gasteiger partial charge < -0.3 is 10.4 Å². The number of carboxylic acids is 1. The molecule has 1 aromatic heterocycles. The number of benzene rings is 1. The van der Waals surface area contributed by atoms with E-state index in [2.05, 4.69) is 21.2 Å². The number of aliphatic carboxylic acids is 1. The van der Waals surface area contributed by atoms with Crippen molar-refractivity contribution in [1.29, 1.82) is 0 Å². The monoisotopic (exact) mass is 353 g/mol. The molecule has 0 radical (unpaired) electrons. The van der Waals surface area contributed by atoms with Crippen molar-refractivity contribution in [1.82, 2.24) is 5.32 Å². The summed E-state index contributed by atoms with van der Waals surface area (Å²) in [6.45, 7) is 0. The summed E-state index contributed by atoms with van der Waals surface area (Å²) in [7, 11) is 0. The molecule has 0 bridgehead atoms. The molecule has 1 unspecified atom stereocenters. The number of hydrogen-bond acceptors (Lipinski definition) is 3. The molecule has 0 aliphatic carbocycles. The number of halogens is 1. The Bertz CT molecular complexity index is 612. The topological polar surface area (TPSA) is 66.4 Å². The number of rotatable bonds is 5. The third kappa shape index (κ3) is 3.91. The predicted octanol–water partition coefficient (Wildman–Crippen LogP) is 2.94. The summed E-state index contributed by atoms with van der Waals surface area (Å²) in [5.41, 5.74) is 1.33. The fraction of sp³-hybridized carbons (Fsp3) is 0.143. The molecule has 20 heavy (non-hydrogen) atoms. The van der Waals surface area contributed by atoms with Gasteiger partial charge >= 0.3 is 5.97 Å². The normalized spacial score (nSPS) is 11.8. The molecular weight excluding hydrogens is 342 g/mol. The highest BCUT2D eigenvalue weighted by Gasteiger charge is 2.21. The molecule has 2 aromatic rings. The lowest BCUT2D eigenvalue weighted by molar-refractivity contribution is -0.139. The molecule has 1 atom stereocenters. The fourth-order valence-electron chi connectivity index (χ4n) is 1.72. The van der Waals surface area contributed by atoms with Crippen molar-refractivity contribution in [2.24, 2.45) is 0 Å². The second-order valence-electron chi connectivity index (χ2n) is 4.19. The maximum atomic E-state index is 12.0. The lowest BCUT2D eigenvalue weighted by Crippen LogP contribution is -2.42. The van der Waals surface area contributed by atoms with Crippen molar-refractivity contribution in [2.75, 3.05) is 0 Å². The zero-order valence-electron chi connectivity index (χ0n) is 10.4. The molecule has 1 amide bonds. The summed E-state index contributed by atoms with van der Waals surface area (Å²) in [6.07, 6.45) is 0.257. The van der Waals surface area contributed by atoms with E-state index in [1.165, 1.54) is 11.3 Å². The second kappa shape index (κ2) is 6.67. The van der Waals surface area contributed by atoms with Gasteiger partial charge in [-0.1, -0.05) is 30.3 Å². The van der Waals surface area contributed by atoms with E-state index < -0.39 is 12.0 Å². The Morgan fingerprint density at radius 1 is 1.30 bits per heavy atom. The van der Waals surface area contributed by atoms with E-state index in [1.54, 1.807) is 11.4 Å². The molecule has 2 N–H and O–H groups in total. The van der Waals surface area contributed by atoms with Gasteiger partial charge in [-0.15, -0.1) is 11.3 Å². The first-order valence-electron chi connectivity index (χ1n) is 5.88. The minimum atomic E-state index is -1.04. The molecule has 0 saturated carbocycles. The molecule has 4 nitrogen and oxygen atoms in total. The molecule has 0 spiro atoms. The van der Waals surface area contributed by atoms with Crippen molar-refractivity contribution >= 4 is 39.1 Å². The van der Waals surface area contributed by atoms with Gasteiger partial charge in [0.1, 0.15) is 6.04 Å². The van der Waals surface area contributed by atoms with Crippen molar-refractivity contribution < 1.29 is 14.7 Å². The van der Waals surface area contributed by atoms with Gasteiger partial charge in [0.05, 0.1) is 9.35 Å². The number of carboxylic acid groups (broad SMARTS) is 1. The molecule has 1 aromatic carbocycles. The van der Waals surface area contributed by atoms with Crippen LogP contribution in [0.4, 0.5) is 0 Å². The number of carbonyl (C=O) groups excluding carboxylic acids is 1. The van der Waals surface area contributed by atoms with Crippen LogP contribution in [-0.4, -0.2) is 23.0 Å². The first-order chi connectivity index (χ1) is 9.56. The highest BCUT2D eigenvalue weighted by molar-refractivity contribution is 9.11. The zero-order valence-corrected chi connectivity index (χ0v) is 12.8. The number of nitrogens with one attached hydrogen (secondary N) is 1. The van der Waals surface area contributed by atoms with Crippen molar-refractivity contribution in [2.45, 2.75) is 12.5 Å². The largest absolute Gasteiger partial charge is 0.480 e. The number of thiophene rings is 1. The van der Waals surface area contributed by atoms with Gasteiger partial charge in [-0.3, -0.25) is 4.79 Å². The molecule has 0 aliphatic heterocycles. The molecule has 104 valence electrons. The Kier molecular flexibility index (Phi) is 4.92. The van der Waals surface area contributed by atoms with Crippen molar-refractivity contribution in [3.63, 3.8) is 0 Å². The van der Waals surface area contributed by atoms with Gasteiger partial charge in [0.25, 0.3) is 5.91 Å². The van der Waals surface area contributed by atoms with Gasteiger partial charge in [-0.2, -0.15) is 0 Å². The van der Waals surface area contributed by atoms with E-state index in [9.17, 15) is 14.7 Å². The summed E-state index contributed by atoms with van der Waals surface area (Å²) < 4.78 is 0.831. The average Bonchev–Trinajstić information content (AvgIpc) is 2.86. The minimum Gasteiger partial charge on any atom is -0.480 e. The van der Waals surface area contributed by atoms with E-state index in [4.69, 9.17) is 0 Å². The third-order valence-corrected chi connectivity index (χ3v) is 4.22. The standard InChI is InChI=1S/C14H12BrNO3S/c15-12-7-10(8-20-12)13(17)16-11(14(18)19)6-9-4-2-1-3-5-9/h1-5,7-8,11H,6H2,(H,16,17)(H,18,19). The predicted molar refractivity (Wildman–Crippen MR) is 81.1 cm³/mol. The average molecular weight is 354 g/mol. The van der Waals surface area contributed by atoms with Crippen LogP contribution < -0.4 is 5.32 Å². The van der Waals surface area contributed by atoms with Gasteiger partial charge in [-0.25, -0.2) is 4.79 Å². The molecule has 0 fully saturated rings. The summed E-state index contributed by atoms with van der Waals surface area (Å²) in [6, 6.07) is 9.94. The van der Waals surface area contributed by atoms with Crippen LogP contribution in [0.5, 0.6) is 0 Å². The van der Waals surface area contributed by atoms with Crippen LogP contribution in [-0.2, 0) is 11.2 Å². The summed E-state index contributed by atoms with van der Waals surface area (Å²) in [5, 5.41) is 13.4. The van der Waals surface area contributed by atoms with Crippen LogP contribution in [0.15, 0.2) is 45.6 Å². The van der Waals surface area contributed by atoms with Crippen LogP contribution in [0.3, 0.4) is 0 Å². The first-order valence-corrected chi connectivity index (χ1v) is 7.55. The van der Waals surface area contributed by atoms with E-state index in [-0.39, 0.29) is 12.3 Å². The second-order valence-corrected chi connectivity index (χ2v) is 6.48. The summed E-state index contributed by atoms with van der Waals surface area (Å²) >= 11 is 4.65. The Labute approximate surface area is 128 Å². The number of carbonyl (C=O) groups is 2. The Morgan fingerprint density at radius 3 is 2.55 bits per heavy atom. The summed E-state index contributed by atoms with van der Waals surface area (Å²) in [5.74, 6) is -1.42. The maximum absolute atomic E-state index is 12.0. The van der Waals surface area contributed by atoms with Gasteiger partial charge in [0.15, 0.2) is 0 Å². The SMILES string of the molecule is O=C(NC(Cc1ccccc1)C(=O)O)c1csc(Br)c1. The van der Waals surface area contributed by atoms with Crippen molar-refractivity contribution in [3.05, 3.63) is 56.7 Å². The van der Waals surface area contributed by atoms with E-state index in [0.717, 1.165) is 9.35 Å². The lowest BCUT2D eigenvalue weighted by atomic mass is 10.1. The van der Waals surface area contributed by atoms with Crippen LogP contribution in [0.1, 0.15) is 15.9 Å². The first kappa shape index (κ1) is 14.7. The molecule has 0 aliphatic rings. The Hall–Kier alpha value is -1.66. The number of hydrogen-bond donors (Lipinski definition) is 2. The lowest BCUT2D eigenvalue weighted by Gasteiger charge is -2.14. The van der Waals surface area contributed by atoms with E-state index in [0.29, 0.717) is 5.56 Å². The maximum Gasteiger partial charge on any atom is 0.326 e. The zero-order chi connectivity index (χ0) is 14.5.